The highest BCUT2D eigenvalue weighted by Gasteiger charge is 2.05. The minimum atomic E-state index is 0.115. The maximum Gasteiger partial charge on any atom is 0.229 e. The van der Waals surface area contributed by atoms with Crippen molar-refractivity contribution in [3.63, 3.8) is 0 Å². The van der Waals surface area contributed by atoms with Crippen molar-refractivity contribution in [3.8, 4) is 0 Å². The topological polar surface area (TPSA) is 76.7 Å². The van der Waals surface area contributed by atoms with Gasteiger partial charge in [0, 0.05) is 6.04 Å². The average Bonchev–Trinajstić information content (AvgIpc) is 2.01. The van der Waals surface area contributed by atoms with Gasteiger partial charge in [-0.3, -0.25) is 0 Å². The summed E-state index contributed by atoms with van der Waals surface area (Å²) in [4.78, 5) is 11.5. The standard InChI is InChI=1S/C8H14ClN5/c1-3-4-5(2)11-8-13-6(9)12-7(10)14-8/h5H,3-4H2,1-2H3,(H3,10,11,12,13,14). The van der Waals surface area contributed by atoms with Crippen molar-refractivity contribution in [1.29, 1.82) is 0 Å². The number of anilines is 2. The van der Waals surface area contributed by atoms with Crippen molar-refractivity contribution in [2.45, 2.75) is 32.7 Å². The van der Waals surface area contributed by atoms with E-state index in [4.69, 9.17) is 17.3 Å². The second kappa shape index (κ2) is 4.95. The molecule has 1 aromatic rings. The fraction of sp³-hybridized carbons (Fsp3) is 0.625. The van der Waals surface area contributed by atoms with Crippen molar-refractivity contribution in [3.05, 3.63) is 5.28 Å². The maximum atomic E-state index is 5.63. The molecule has 0 saturated heterocycles. The Morgan fingerprint density at radius 3 is 2.71 bits per heavy atom. The summed E-state index contributed by atoms with van der Waals surface area (Å²) >= 11 is 5.63. The van der Waals surface area contributed by atoms with Gasteiger partial charge in [-0.1, -0.05) is 13.3 Å². The van der Waals surface area contributed by atoms with Crippen LogP contribution in [0.15, 0.2) is 0 Å². The number of rotatable bonds is 4. The molecule has 0 aromatic carbocycles. The van der Waals surface area contributed by atoms with E-state index in [0.29, 0.717) is 12.0 Å². The third-order valence-corrected chi connectivity index (χ3v) is 1.89. The molecular weight excluding hydrogens is 202 g/mol. The molecule has 1 heterocycles. The van der Waals surface area contributed by atoms with Gasteiger partial charge in [0.15, 0.2) is 0 Å². The molecule has 1 rings (SSSR count). The number of nitrogen functional groups attached to an aromatic ring is 1. The molecule has 1 unspecified atom stereocenters. The molecule has 0 amide bonds. The number of hydrogen-bond acceptors (Lipinski definition) is 5. The Balaban J connectivity index is 2.66. The summed E-state index contributed by atoms with van der Waals surface area (Å²) in [5, 5.41) is 3.21. The molecule has 0 radical (unpaired) electrons. The van der Waals surface area contributed by atoms with Gasteiger partial charge in [0.2, 0.25) is 17.2 Å². The van der Waals surface area contributed by atoms with E-state index in [1.54, 1.807) is 0 Å². The normalized spacial score (nSPS) is 12.5. The van der Waals surface area contributed by atoms with Crippen molar-refractivity contribution < 1.29 is 0 Å². The molecule has 0 spiro atoms. The highest BCUT2D eigenvalue weighted by molar-refractivity contribution is 6.28. The first-order valence-corrected chi connectivity index (χ1v) is 4.93. The van der Waals surface area contributed by atoms with Crippen molar-refractivity contribution in [1.82, 2.24) is 15.0 Å². The average molecular weight is 216 g/mol. The highest BCUT2D eigenvalue weighted by Crippen LogP contribution is 2.09. The zero-order chi connectivity index (χ0) is 10.6. The van der Waals surface area contributed by atoms with Gasteiger partial charge < -0.3 is 11.1 Å². The van der Waals surface area contributed by atoms with Gasteiger partial charge in [0.25, 0.3) is 0 Å². The Morgan fingerprint density at radius 2 is 2.14 bits per heavy atom. The van der Waals surface area contributed by atoms with E-state index in [9.17, 15) is 0 Å². The minimum Gasteiger partial charge on any atom is -0.368 e. The lowest BCUT2D eigenvalue weighted by Crippen LogP contribution is -2.17. The Labute approximate surface area is 88.1 Å². The molecule has 5 nitrogen and oxygen atoms in total. The molecule has 78 valence electrons. The number of hydrogen-bond donors (Lipinski definition) is 2. The molecule has 0 bridgehead atoms. The molecule has 0 aliphatic carbocycles. The van der Waals surface area contributed by atoms with Gasteiger partial charge in [0.05, 0.1) is 0 Å². The van der Waals surface area contributed by atoms with Crippen LogP contribution in [0.5, 0.6) is 0 Å². The Bertz CT molecular complexity index is 284. The molecule has 3 N–H and O–H groups in total. The van der Waals surface area contributed by atoms with Crippen LogP contribution in [0.3, 0.4) is 0 Å². The van der Waals surface area contributed by atoms with Gasteiger partial charge in [-0.2, -0.15) is 15.0 Å². The van der Waals surface area contributed by atoms with Crippen LogP contribution in [0.1, 0.15) is 26.7 Å². The van der Waals surface area contributed by atoms with Gasteiger partial charge in [-0.25, -0.2) is 0 Å². The van der Waals surface area contributed by atoms with Crippen molar-refractivity contribution >= 4 is 23.5 Å². The van der Waals surface area contributed by atoms with E-state index in [2.05, 4.69) is 34.1 Å². The molecule has 1 aromatic heterocycles. The summed E-state index contributed by atoms with van der Waals surface area (Å²) in [5.41, 5.74) is 5.42. The SMILES string of the molecule is CCCC(C)Nc1nc(N)nc(Cl)n1. The summed E-state index contributed by atoms with van der Waals surface area (Å²) in [6.07, 6.45) is 2.14. The Morgan fingerprint density at radius 1 is 1.43 bits per heavy atom. The first kappa shape index (κ1) is 11.0. The van der Waals surface area contributed by atoms with E-state index < -0.39 is 0 Å². The number of nitrogens with zero attached hydrogens (tertiary/aromatic N) is 3. The van der Waals surface area contributed by atoms with Crippen LogP contribution < -0.4 is 11.1 Å². The number of aromatic nitrogens is 3. The van der Waals surface area contributed by atoms with E-state index in [1.165, 1.54) is 0 Å². The molecule has 0 aliphatic rings. The van der Waals surface area contributed by atoms with Crippen LogP contribution in [0, 0.1) is 0 Å². The van der Waals surface area contributed by atoms with Gasteiger partial charge >= 0.3 is 0 Å². The summed E-state index contributed by atoms with van der Waals surface area (Å²) in [7, 11) is 0. The van der Waals surface area contributed by atoms with Crippen molar-refractivity contribution in [2.75, 3.05) is 11.1 Å². The lowest BCUT2D eigenvalue weighted by molar-refractivity contribution is 0.683. The van der Waals surface area contributed by atoms with Gasteiger partial charge in [-0.15, -0.1) is 0 Å². The number of nitrogens with two attached hydrogens (primary N) is 1. The number of halogens is 1. The Kier molecular flexibility index (Phi) is 3.88. The van der Waals surface area contributed by atoms with Crippen LogP contribution >= 0.6 is 11.6 Å². The fourth-order valence-corrected chi connectivity index (χ4v) is 1.32. The first-order chi connectivity index (χ1) is 6.61. The van der Waals surface area contributed by atoms with Gasteiger partial charge in [-0.05, 0) is 24.9 Å². The molecule has 14 heavy (non-hydrogen) atoms. The zero-order valence-electron chi connectivity index (χ0n) is 8.29. The van der Waals surface area contributed by atoms with E-state index in [1.807, 2.05) is 0 Å². The summed E-state index contributed by atoms with van der Waals surface area (Å²) in [6, 6.07) is 0.304. The van der Waals surface area contributed by atoms with Crippen LogP contribution in [-0.2, 0) is 0 Å². The lowest BCUT2D eigenvalue weighted by atomic mass is 10.2. The lowest BCUT2D eigenvalue weighted by Gasteiger charge is -2.12. The van der Waals surface area contributed by atoms with Crippen LogP contribution in [0.2, 0.25) is 5.28 Å². The third kappa shape index (κ3) is 3.33. The summed E-state index contributed by atoms with van der Waals surface area (Å²) < 4.78 is 0. The number of nitrogens with one attached hydrogen (secondary N) is 1. The van der Waals surface area contributed by atoms with Crippen LogP contribution in [-0.4, -0.2) is 21.0 Å². The Hall–Kier alpha value is -1.10. The molecule has 6 heteroatoms. The molecule has 0 fully saturated rings. The molecular formula is C8H14ClN5. The summed E-state index contributed by atoms with van der Waals surface area (Å²) in [6.45, 7) is 4.17. The maximum absolute atomic E-state index is 5.63. The van der Waals surface area contributed by atoms with Crippen LogP contribution in [0.4, 0.5) is 11.9 Å². The van der Waals surface area contributed by atoms with E-state index >= 15 is 0 Å². The van der Waals surface area contributed by atoms with E-state index in [-0.39, 0.29) is 11.2 Å². The largest absolute Gasteiger partial charge is 0.368 e. The second-order valence-corrected chi connectivity index (χ2v) is 3.46. The van der Waals surface area contributed by atoms with Gasteiger partial charge in [0.1, 0.15) is 0 Å². The first-order valence-electron chi connectivity index (χ1n) is 4.55. The molecule has 0 saturated carbocycles. The second-order valence-electron chi connectivity index (χ2n) is 3.12. The van der Waals surface area contributed by atoms with E-state index in [0.717, 1.165) is 12.8 Å². The highest BCUT2D eigenvalue weighted by atomic mass is 35.5. The minimum absolute atomic E-state index is 0.115. The molecule has 0 aliphatic heterocycles. The quantitative estimate of drug-likeness (QED) is 0.800. The van der Waals surface area contributed by atoms with Crippen LogP contribution in [0.25, 0.3) is 0 Å². The van der Waals surface area contributed by atoms with Crippen molar-refractivity contribution in [2.24, 2.45) is 0 Å². The zero-order valence-corrected chi connectivity index (χ0v) is 9.04. The fourth-order valence-electron chi connectivity index (χ4n) is 1.16. The summed E-state index contributed by atoms with van der Waals surface area (Å²) in [5.74, 6) is 0.569. The predicted octanol–water partition coefficient (Wildman–Crippen LogP) is 1.71. The monoisotopic (exact) mass is 215 g/mol. The predicted molar refractivity (Wildman–Crippen MR) is 57.2 cm³/mol. The third-order valence-electron chi connectivity index (χ3n) is 1.72. The smallest absolute Gasteiger partial charge is 0.229 e. The molecule has 1 atom stereocenters.